The Balaban J connectivity index is 1.95. The Labute approximate surface area is 140 Å². The molecule has 1 aromatic carbocycles. The molecule has 2 nitrogen and oxygen atoms in total. The molecule has 0 amide bonds. The van der Waals surface area contributed by atoms with E-state index in [9.17, 15) is 5.11 Å². The van der Waals surface area contributed by atoms with Crippen molar-refractivity contribution in [2.45, 2.75) is 51.0 Å². The molecule has 1 aliphatic carbocycles. The molecule has 0 aromatic heterocycles. The maximum Gasteiger partial charge on any atom is 0.114 e. The van der Waals surface area contributed by atoms with E-state index >= 15 is 0 Å². The molecule has 1 saturated carbocycles. The number of benzene rings is 1. The van der Waals surface area contributed by atoms with Crippen LogP contribution < -0.4 is 0 Å². The minimum absolute atomic E-state index is 0.0635. The number of rotatable bonds is 10. The molecule has 1 aromatic rings. The molecule has 1 atom stereocenters. The summed E-state index contributed by atoms with van der Waals surface area (Å²) in [6, 6.07) is 10.6. The summed E-state index contributed by atoms with van der Waals surface area (Å²) in [5, 5.41) is 10.6. The fourth-order valence-electron chi connectivity index (χ4n) is 2.88. The highest BCUT2D eigenvalue weighted by Gasteiger charge is 2.27. The molecule has 0 saturated heterocycles. The van der Waals surface area contributed by atoms with E-state index in [1.165, 1.54) is 11.1 Å². The van der Waals surface area contributed by atoms with Crippen LogP contribution in [0.3, 0.4) is 0 Å². The van der Waals surface area contributed by atoms with Crippen molar-refractivity contribution < 1.29 is 5.11 Å². The predicted octanol–water partition coefficient (Wildman–Crippen LogP) is 5.40. The van der Waals surface area contributed by atoms with Gasteiger partial charge in [0, 0.05) is 12.7 Å². The average molecular weight is 311 g/mol. The van der Waals surface area contributed by atoms with Gasteiger partial charge in [0.25, 0.3) is 0 Å². The van der Waals surface area contributed by atoms with Gasteiger partial charge in [-0.1, -0.05) is 43.0 Å². The van der Waals surface area contributed by atoms with Crippen LogP contribution in [0.1, 0.15) is 44.1 Å². The zero-order valence-corrected chi connectivity index (χ0v) is 14.3. The molecule has 0 spiro atoms. The third-order valence-corrected chi connectivity index (χ3v) is 4.57. The first-order chi connectivity index (χ1) is 11.1. The third-order valence-electron chi connectivity index (χ3n) is 4.57. The summed E-state index contributed by atoms with van der Waals surface area (Å²) >= 11 is 0. The summed E-state index contributed by atoms with van der Waals surface area (Å²) < 4.78 is 0. The number of allylic oxidation sites excluding steroid dienone is 3. The van der Waals surface area contributed by atoms with E-state index in [-0.39, 0.29) is 6.04 Å². The molecule has 0 bridgehead atoms. The van der Waals surface area contributed by atoms with Gasteiger partial charge in [-0.05, 0) is 56.1 Å². The molecular formula is C21H29NO. The normalized spacial score (nSPS) is 14.2. The summed E-state index contributed by atoms with van der Waals surface area (Å²) in [7, 11) is 2.05. The first kappa shape index (κ1) is 17.4. The molecule has 0 heterocycles. The first-order valence-corrected chi connectivity index (χ1v) is 8.59. The molecule has 2 rings (SSSR count). The van der Waals surface area contributed by atoms with Gasteiger partial charge < -0.3 is 10.0 Å². The van der Waals surface area contributed by atoms with E-state index in [1.807, 2.05) is 12.1 Å². The van der Waals surface area contributed by atoms with Gasteiger partial charge in [-0.2, -0.15) is 0 Å². The van der Waals surface area contributed by atoms with E-state index in [0.29, 0.717) is 5.76 Å². The van der Waals surface area contributed by atoms with E-state index in [4.69, 9.17) is 0 Å². The predicted molar refractivity (Wildman–Crippen MR) is 98.4 cm³/mol. The fraction of sp³-hybridized carbons (Fsp3) is 0.429. The van der Waals surface area contributed by atoms with E-state index in [0.717, 1.165) is 50.6 Å². The summed E-state index contributed by atoms with van der Waals surface area (Å²) in [4.78, 5) is 2.16. The van der Waals surface area contributed by atoms with Crippen molar-refractivity contribution in [3.8, 4) is 0 Å². The van der Waals surface area contributed by atoms with Crippen LogP contribution in [0.5, 0.6) is 0 Å². The summed E-state index contributed by atoms with van der Waals surface area (Å²) in [5.74, 6) is 0.584. The van der Waals surface area contributed by atoms with Crippen molar-refractivity contribution in [3.63, 3.8) is 0 Å². The minimum Gasteiger partial charge on any atom is -0.510 e. The molecule has 0 radical (unpaired) electrons. The smallest absolute Gasteiger partial charge is 0.114 e. The number of hydrogen-bond acceptors (Lipinski definition) is 2. The highest BCUT2D eigenvalue weighted by atomic mass is 16.3. The number of aliphatic hydroxyl groups excluding tert-OH is 1. The van der Waals surface area contributed by atoms with Crippen LogP contribution >= 0.6 is 0 Å². The lowest BCUT2D eigenvalue weighted by Crippen LogP contribution is -2.33. The molecular weight excluding hydrogens is 282 g/mol. The second-order valence-electron chi connectivity index (χ2n) is 6.39. The quantitative estimate of drug-likeness (QED) is 0.462. The van der Waals surface area contributed by atoms with Gasteiger partial charge in [-0.3, -0.25) is 0 Å². The summed E-state index contributed by atoms with van der Waals surface area (Å²) in [6.45, 7) is 7.96. The van der Waals surface area contributed by atoms with E-state index < -0.39 is 0 Å². The van der Waals surface area contributed by atoms with Crippen LogP contribution in [0.4, 0.5) is 0 Å². The largest absolute Gasteiger partial charge is 0.510 e. The SMILES string of the molecule is C=CCCC(=C)N(C)C(CCCc1ccccc1)C(O)=C1CC1. The molecule has 23 heavy (non-hydrogen) atoms. The van der Waals surface area contributed by atoms with Gasteiger partial charge in [-0.15, -0.1) is 6.58 Å². The van der Waals surface area contributed by atoms with Crippen LogP contribution in [-0.4, -0.2) is 23.1 Å². The zero-order chi connectivity index (χ0) is 16.7. The second-order valence-corrected chi connectivity index (χ2v) is 6.39. The van der Waals surface area contributed by atoms with E-state index in [2.05, 4.69) is 49.4 Å². The molecule has 124 valence electrons. The maximum atomic E-state index is 10.6. The van der Waals surface area contributed by atoms with Crippen molar-refractivity contribution in [3.05, 3.63) is 72.2 Å². The van der Waals surface area contributed by atoms with Gasteiger partial charge in [0.05, 0.1) is 6.04 Å². The number of nitrogens with zero attached hydrogens (tertiary/aromatic N) is 1. The lowest BCUT2D eigenvalue weighted by molar-refractivity contribution is 0.229. The molecule has 1 fully saturated rings. The molecule has 0 aliphatic heterocycles. The lowest BCUT2D eigenvalue weighted by Gasteiger charge is -2.31. The molecule has 1 aliphatic rings. The lowest BCUT2D eigenvalue weighted by atomic mass is 10.0. The number of aliphatic hydroxyl groups is 1. The van der Waals surface area contributed by atoms with Crippen molar-refractivity contribution in [2.75, 3.05) is 7.05 Å². The Kier molecular flexibility index (Phi) is 6.52. The molecule has 1 N–H and O–H groups in total. The maximum absolute atomic E-state index is 10.6. The standard InChI is InChI=1S/C21H29NO/c1-4-5-10-17(2)22(3)20(21(23)19-15-16-19)14-9-13-18-11-7-6-8-12-18/h4,6-8,11-12,20,23H,1-2,5,9-10,13-16H2,3H3. The van der Waals surface area contributed by atoms with Crippen LogP contribution in [0, 0.1) is 0 Å². The Morgan fingerprint density at radius 1 is 1.30 bits per heavy atom. The Bertz CT molecular complexity index is 552. The van der Waals surface area contributed by atoms with Crippen LogP contribution in [-0.2, 0) is 6.42 Å². The van der Waals surface area contributed by atoms with Crippen molar-refractivity contribution in [1.82, 2.24) is 4.90 Å². The van der Waals surface area contributed by atoms with Crippen LogP contribution in [0.2, 0.25) is 0 Å². The highest BCUT2D eigenvalue weighted by Crippen LogP contribution is 2.34. The van der Waals surface area contributed by atoms with Crippen molar-refractivity contribution in [1.29, 1.82) is 0 Å². The highest BCUT2D eigenvalue weighted by molar-refractivity contribution is 5.25. The second kappa shape index (κ2) is 8.61. The third kappa shape index (κ3) is 5.31. The van der Waals surface area contributed by atoms with Crippen molar-refractivity contribution >= 4 is 0 Å². The van der Waals surface area contributed by atoms with E-state index in [1.54, 1.807) is 0 Å². The van der Waals surface area contributed by atoms with Gasteiger partial charge in [0.15, 0.2) is 0 Å². The number of likely N-dealkylation sites (N-methyl/N-ethyl adjacent to an activating group) is 1. The van der Waals surface area contributed by atoms with Gasteiger partial charge in [0.1, 0.15) is 5.76 Å². The average Bonchev–Trinajstić information content (AvgIpc) is 3.41. The molecule has 1 unspecified atom stereocenters. The molecule has 2 heteroatoms. The van der Waals surface area contributed by atoms with Crippen molar-refractivity contribution in [2.24, 2.45) is 0 Å². The monoisotopic (exact) mass is 311 g/mol. The Hall–Kier alpha value is -1.96. The Morgan fingerprint density at radius 2 is 2.00 bits per heavy atom. The first-order valence-electron chi connectivity index (χ1n) is 8.59. The Morgan fingerprint density at radius 3 is 2.61 bits per heavy atom. The van der Waals surface area contributed by atoms with Gasteiger partial charge in [-0.25, -0.2) is 0 Å². The topological polar surface area (TPSA) is 23.5 Å². The van der Waals surface area contributed by atoms with Gasteiger partial charge >= 0.3 is 0 Å². The minimum atomic E-state index is 0.0635. The number of hydrogen-bond donors (Lipinski definition) is 1. The number of aryl methyl sites for hydroxylation is 1. The van der Waals surface area contributed by atoms with Crippen LogP contribution in [0.15, 0.2) is 66.6 Å². The summed E-state index contributed by atoms with van der Waals surface area (Å²) in [6.07, 6.45) is 8.91. The fourth-order valence-corrected chi connectivity index (χ4v) is 2.88. The van der Waals surface area contributed by atoms with Gasteiger partial charge in [0.2, 0.25) is 0 Å². The summed E-state index contributed by atoms with van der Waals surface area (Å²) in [5.41, 5.74) is 3.65. The zero-order valence-electron chi connectivity index (χ0n) is 14.3. The van der Waals surface area contributed by atoms with Crippen LogP contribution in [0.25, 0.3) is 0 Å².